The van der Waals surface area contributed by atoms with E-state index in [0.717, 1.165) is 10.6 Å². The molecule has 0 saturated heterocycles. The number of ether oxygens (including phenoxy) is 1. The van der Waals surface area contributed by atoms with Crippen molar-refractivity contribution in [2.45, 2.75) is 39.4 Å². The number of carbonyl (C=O) groups is 2. The van der Waals surface area contributed by atoms with E-state index in [1.54, 1.807) is 45.0 Å². The molecule has 0 aliphatic heterocycles. The maximum absolute atomic E-state index is 13.6. The van der Waals surface area contributed by atoms with Crippen LogP contribution in [-0.4, -0.2) is 57.1 Å². The Hall–Kier alpha value is -2.20. The molecule has 0 saturated carbocycles. The van der Waals surface area contributed by atoms with Gasteiger partial charge in [-0.15, -0.1) is 0 Å². The summed E-state index contributed by atoms with van der Waals surface area (Å²) in [7, 11) is -2.56. The lowest BCUT2D eigenvalue weighted by Gasteiger charge is -2.32. The zero-order valence-electron chi connectivity index (χ0n) is 20.0. The summed E-state index contributed by atoms with van der Waals surface area (Å²) >= 11 is 18.2. The van der Waals surface area contributed by atoms with Gasteiger partial charge in [-0.1, -0.05) is 40.9 Å². The van der Waals surface area contributed by atoms with Gasteiger partial charge in [0.25, 0.3) is 0 Å². The molecule has 35 heavy (non-hydrogen) atoms. The number of benzene rings is 2. The standard InChI is InChI=1S/C23H28Cl3N3O5S/c1-14(2)27-23(31)15(3)28(12-16-6-8-18(25)19(26)10-16)22(30)13-29(35(5,32)33)20-11-17(24)7-9-21(20)34-4/h6-11,14-15H,12-13H2,1-5H3,(H,27,31)/t15-/m0/s1. The van der Waals surface area contributed by atoms with Crippen molar-refractivity contribution in [3.63, 3.8) is 0 Å². The van der Waals surface area contributed by atoms with Gasteiger partial charge in [-0.25, -0.2) is 8.42 Å². The fourth-order valence-corrected chi connectivity index (χ4v) is 4.61. The van der Waals surface area contributed by atoms with Crippen molar-refractivity contribution in [3.8, 4) is 5.75 Å². The molecule has 0 radical (unpaired) electrons. The van der Waals surface area contributed by atoms with E-state index in [4.69, 9.17) is 39.5 Å². The molecular weight excluding hydrogens is 537 g/mol. The minimum atomic E-state index is -3.94. The number of sulfonamides is 1. The predicted molar refractivity (Wildman–Crippen MR) is 140 cm³/mol. The molecule has 0 spiro atoms. The Labute approximate surface area is 221 Å². The van der Waals surface area contributed by atoms with Gasteiger partial charge in [-0.05, 0) is 56.7 Å². The molecule has 0 heterocycles. The first-order chi connectivity index (χ1) is 16.2. The van der Waals surface area contributed by atoms with Crippen LogP contribution < -0.4 is 14.4 Å². The summed E-state index contributed by atoms with van der Waals surface area (Å²) in [4.78, 5) is 27.6. The van der Waals surface area contributed by atoms with Gasteiger partial charge in [0, 0.05) is 17.6 Å². The van der Waals surface area contributed by atoms with Gasteiger partial charge >= 0.3 is 0 Å². The summed E-state index contributed by atoms with van der Waals surface area (Å²) in [6, 6.07) is 8.22. The molecule has 192 valence electrons. The molecule has 2 aromatic carbocycles. The largest absolute Gasteiger partial charge is 0.495 e. The van der Waals surface area contributed by atoms with Gasteiger partial charge in [0.1, 0.15) is 18.3 Å². The summed E-state index contributed by atoms with van der Waals surface area (Å²) < 4.78 is 31.6. The Morgan fingerprint density at radius 2 is 1.69 bits per heavy atom. The van der Waals surface area contributed by atoms with E-state index in [9.17, 15) is 18.0 Å². The van der Waals surface area contributed by atoms with Crippen molar-refractivity contribution in [3.05, 3.63) is 57.0 Å². The zero-order valence-corrected chi connectivity index (χ0v) is 23.1. The highest BCUT2D eigenvalue weighted by atomic mass is 35.5. The number of hydrogen-bond acceptors (Lipinski definition) is 5. The van der Waals surface area contributed by atoms with Crippen molar-refractivity contribution in [1.29, 1.82) is 0 Å². The lowest BCUT2D eigenvalue weighted by Crippen LogP contribution is -2.52. The summed E-state index contributed by atoms with van der Waals surface area (Å²) in [6.07, 6.45) is 0.971. The zero-order chi connectivity index (χ0) is 26.5. The quantitative estimate of drug-likeness (QED) is 0.463. The third kappa shape index (κ3) is 7.90. The number of anilines is 1. The van der Waals surface area contributed by atoms with Gasteiger partial charge < -0.3 is 15.0 Å². The molecule has 0 bridgehead atoms. The highest BCUT2D eigenvalue weighted by molar-refractivity contribution is 7.92. The van der Waals surface area contributed by atoms with Gasteiger partial charge in [0.15, 0.2) is 0 Å². The molecule has 0 unspecified atom stereocenters. The Morgan fingerprint density at radius 1 is 1.03 bits per heavy atom. The first kappa shape index (κ1) is 29.0. The lowest BCUT2D eigenvalue weighted by atomic mass is 10.1. The van der Waals surface area contributed by atoms with Gasteiger partial charge in [-0.2, -0.15) is 0 Å². The van der Waals surface area contributed by atoms with Crippen molar-refractivity contribution in [1.82, 2.24) is 10.2 Å². The van der Waals surface area contributed by atoms with Crippen LogP contribution in [0.4, 0.5) is 5.69 Å². The lowest BCUT2D eigenvalue weighted by molar-refractivity contribution is -0.139. The number of amides is 2. The number of nitrogens with zero attached hydrogens (tertiary/aromatic N) is 2. The van der Waals surface area contributed by atoms with E-state index in [2.05, 4.69) is 5.32 Å². The second-order valence-corrected chi connectivity index (χ2v) is 11.4. The van der Waals surface area contributed by atoms with E-state index in [1.807, 2.05) is 0 Å². The van der Waals surface area contributed by atoms with Crippen LogP contribution >= 0.6 is 34.8 Å². The number of halogens is 3. The Kier molecular flexibility index (Phi) is 10.1. The molecule has 0 aromatic heterocycles. The van der Waals surface area contributed by atoms with Crippen LogP contribution in [0, 0.1) is 0 Å². The summed E-state index contributed by atoms with van der Waals surface area (Å²) in [5.74, 6) is -0.788. The molecule has 0 aliphatic carbocycles. The minimum absolute atomic E-state index is 0.00726. The van der Waals surface area contributed by atoms with Crippen LogP contribution in [0.25, 0.3) is 0 Å². The molecule has 12 heteroatoms. The molecule has 2 rings (SSSR count). The van der Waals surface area contributed by atoms with E-state index >= 15 is 0 Å². The smallest absolute Gasteiger partial charge is 0.244 e. The molecule has 8 nitrogen and oxygen atoms in total. The van der Waals surface area contributed by atoms with E-state index < -0.39 is 28.5 Å². The number of nitrogens with one attached hydrogen (secondary N) is 1. The fraction of sp³-hybridized carbons (Fsp3) is 0.391. The first-order valence-electron chi connectivity index (χ1n) is 10.6. The molecule has 1 atom stereocenters. The third-order valence-corrected chi connectivity index (χ3v) is 7.12. The molecule has 0 fully saturated rings. The van der Waals surface area contributed by atoms with Crippen molar-refractivity contribution in [2.24, 2.45) is 0 Å². The van der Waals surface area contributed by atoms with Crippen LogP contribution in [0.15, 0.2) is 36.4 Å². The number of carbonyl (C=O) groups excluding carboxylic acids is 2. The maximum Gasteiger partial charge on any atom is 0.244 e. The SMILES string of the molecule is COc1ccc(Cl)cc1N(CC(=O)N(Cc1ccc(Cl)c(Cl)c1)[C@@H](C)C(=O)NC(C)C)S(C)(=O)=O. The van der Waals surface area contributed by atoms with Crippen molar-refractivity contribution < 1.29 is 22.7 Å². The summed E-state index contributed by atoms with van der Waals surface area (Å²) in [5, 5.41) is 3.67. The van der Waals surface area contributed by atoms with Crippen LogP contribution in [0.1, 0.15) is 26.3 Å². The van der Waals surface area contributed by atoms with Gasteiger partial charge in [-0.3, -0.25) is 13.9 Å². The number of methoxy groups -OCH3 is 1. The predicted octanol–water partition coefficient (Wildman–Crippen LogP) is 4.36. The molecule has 0 aliphatic rings. The average Bonchev–Trinajstić information content (AvgIpc) is 2.76. The second kappa shape index (κ2) is 12.2. The maximum atomic E-state index is 13.6. The minimum Gasteiger partial charge on any atom is -0.495 e. The highest BCUT2D eigenvalue weighted by Crippen LogP contribution is 2.33. The van der Waals surface area contributed by atoms with E-state index in [0.29, 0.717) is 10.6 Å². The van der Waals surface area contributed by atoms with E-state index in [1.165, 1.54) is 24.1 Å². The Bertz CT molecular complexity index is 1190. The van der Waals surface area contributed by atoms with E-state index in [-0.39, 0.29) is 40.0 Å². The fourth-order valence-electron chi connectivity index (χ4n) is 3.28. The molecular formula is C23H28Cl3N3O5S. The topological polar surface area (TPSA) is 96.0 Å². The van der Waals surface area contributed by atoms with Crippen LogP contribution in [0.5, 0.6) is 5.75 Å². The monoisotopic (exact) mass is 563 g/mol. The normalized spacial score (nSPS) is 12.3. The molecule has 2 amide bonds. The van der Waals surface area contributed by atoms with Crippen LogP contribution in [0.2, 0.25) is 15.1 Å². The highest BCUT2D eigenvalue weighted by Gasteiger charge is 2.31. The molecule has 2 aromatic rings. The Balaban J connectivity index is 2.48. The third-order valence-electron chi connectivity index (χ3n) is 5.02. The summed E-state index contributed by atoms with van der Waals surface area (Å²) in [6.45, 7) is 4.57. The second-order valence-electron chi connectivity index (χ2n) is 8.20. The van der Waals surface area contributed by atoms with Crippen molar-refractivity contribution in [2.75, 3.05) is 24.2 Å². The summed E-state index contributed by atoms with van der Waals surface area (Å²) in [5.41, 5.74) is 0.716. The number of rotatable bonds is 10. The average molecular weight is 565 g/mol. The number of hydrogen-bond donors (Lipinski definition) is 1. The van der Waals surface area contributed by atoms with Crippen LogP contribution in [0.3, 0.4) is 0 Å². The van der Waals surface area contributed by atoms with Gasteiger partial charge in [0.2, 0.25) is 21.8 Å². The van der Waals surface area contributed by atoms with Crippen molar-refractivity contribution >= 4 is 62.3 Å². The first-order valence-corrected chi connectivity index (χ1v) is 13.6. The Morgan fingerprint density at radius 3 is 2.23 bits per heavy atom. The molecule has 1 N–H and O–H groups in total. The van der Waals surface area contributed by atoms with Gasteiger partial charge in [0.05, 0.1) is 29.1 Å². The van der Waals surface area contributed by atoms with Crippen LogP contribution in [-0.2, 0) is 26.2 Å².